The molecule has 0 radical (unpaired) electrons. The summed E-state index contributed by atoms with van der Waals surface area (Å²) in [6.45, 7) is -0.0628. The number of carbonyl (C=O) groups excluding carboxylic acids is 1. The molecule has 2 aromatic rings. The third-order valence-electron chi connectivity index (χ3n) is 2.86. The van der Waals surface area contributed by atoms with Gasteiger partial charge in [0.2, 0.25) is 0 Å². The molecule has 2 aromatic carbocycles. The van der Waals surface area contributed by atoms with E-state index in [0.29, 0.717) is 11.3 Å². The second-order valence-corrected chi connectivity index (χ2v) is 4.64. The summed E-state index contributed by atoms with van der Waals surface area (Å²) >= 11 is 0. The van der Waals surface area contributed by atoms with Crippen molar-refractivity contribution in [2.45, 2.75) is 6.10 Å². The van der Waals surface area contributed by atoms with Crippen LogP contribution < -0.4 is 10.1 Å². The summed E-state index contributed by atoms with van der Waals surface area (Å²) in [6, 6.07) is 10.5. The molecule has 0 aliphatic rings. The van der Waals surface area contributed by atoms with Gasteiger partial charge >= 0.3 is 0 Å². The highest BCUT2D eigenvalue weighted by Crippen LogP contribution is 2.11. The molecule has 0 saturated heterocycles. The molecule has 1 unspecified atom stereocenters. The van der Waals surface area contributed by atoms with Crippen LogP contribution in [0.3, 0.4) is 0 Å². The summed E-state index contributed by atoms with van der Waals surface area (Å²) in [5, 5.41) is 12.2. The molecular weight excluding hydrogens is 292 g/mol. The number of aliphatic hydroxyl groups excluding tert-OH is 1. The Hall–Kier alpha value is -2.47. The standard InChI is InChI=1S/C16H15F2NO3/c17-12-3-1-11(2-4-12)16(21)19-9-14(20)10-22-15-7-5-13(18)6-8-15/h1-8,14,20H,9-10H2,(H,19,21). The number of benzene rings is 2. The first kappa shape index (κ1) is 15.9. The van der Waals surface area contributed by atoms with Gasteiger partial charge < -0.3 is 15.2 Å². The Bertz CT molecular complexity index is 614. The van der Waals surface area contributed by atoms with Crippen molar-refractivity contribution in [3.8, 4) is 5.75 Å². The summed E-state index contributed by atoms with van der Waals surface area (Å²) in [5.41, 5.74) is 0.299. The molecule has 0 heterocycles. The topological polar surface area (TPSA) is 58.6 Å². The maximum atomic E-state index is 12.7. The van der Waals surface area contributed by atoms with Crippen LogP contribution in [0.2, 0.25) is 0 Å². The Labute approximate surface area is 126 Å². The van der Waals surface area contributed by atoms with Gasteiger partial charge in [0.1, 0.15) is 30.1 Å². The Balaban J connectivity index is 1.75. The molecule has 22 heavy (non-hydrogen) atoms. The van der Waals surface area contributed by atoms with Crippen molar-refractivity contribution >= 4 is 5.91 Å². The zero-order chi connectivity index (χ0) is 15.9. The molecule has 0 aliphatic carbocycles. The molecule has 4 nitrogen and oxygen atoms in total. The van der Waals surface area contributed by atoms with Crippen LogP contribution in [0, 0.1) is 11.6 Å². The van der Waals surface area contributed by atoms with Crippen LogP contribution in [-0.4, -0.2) is 30.3 Å². The van der Waals surface area contributed by atoms with Gasteiger partial charge in [-0.25, -0.2) is 8.78 Å². The lowest BCUT2D eigenvalue weighted by Gasteiger charge is -2.13. The highest BCUT2D eigenvalue weighted by Gasteiger charge is 2.10. The number of hydrogen-bond donors (Lipinski definition) is 2. The van der Waals surface area contributed by atoms with Crippen molar-refractivity contribution in [2.24, 2.45) is 0 Å². The monoisotopic (exact) mass is 307 g/mol. The predicted molar refractivity (Wildman–Crippen MR) is 76.6 cm³/mol. The van der Waals surface area contributed by atoms with E-state index >= 15 is 0 Å². The van der Waals surface area contributed by atoms with Crippen molar-refractivity contribution in [3.63, 3.8) is 0 Å². The van der Waals surface area contributed by atoms with Crippen LogP contribution >= 0.6 is 0 Å². The number of rotatable bonds is 6. The van der Waals surface area contributed by atoms with Gasteiger partial charge in [-0.05, 0) is 48.5 Å². The highest BCUT2D eigenvalue weighted by molar-refractivity contribution is 5.94. The summed E-state index contributed by atoms with van der Waals surface area (Å²) in [5.74, 6) is -0.796. The van der Waals surface area contributed by atoms with E-state index < -0.39 is 17.8 Å². The van der Waals surface area contributed by atoms with Gasteiger partial charge in [-0.2, -0.15) is 0 Å². The van der Waals surface area contributed by atoms with E-state index in [0.717, 1.165) is 0 Å². The maximum absolute atomic E-state index is 12.7. The lowest BCUT2D eigenvalue weighted by molar-refractivity contribution is 0.0843. The van der Waals surface area contributed by atoms with Gasteiger partial charge in [0.25, 0.3) is 5.91 Å². The third-order valence-corrected chi connectivity index (χ3v) is 2.86. The van der Waals surface area contributed by atoms with Crippen LogP contribution in [0.1, 0.15) is 10.4 Å². The minimum absolute atomic E-state index is 0.0165. The third kappa shape index (κ3) is 4.82. The first-order chi connectivity index (χ1) is 10.5. The van der Waals surface area contributed by atoms with Crippen LogP contribution in [0.4, 0.5) is 8.78 Å². The average Bonchev–Trinajstić information content (AvgIpc) is 2.52. The zero-order valence-electron chi connectivity index (χ0n) is 11.6. The van der Waals surface area contributed by atoms with Crippen LogP contribution in [0.15, 0.2) is 48.5 Å². The molecule has 116 valence electrons. The second-order valence-electron chi connectivity index (χ2n) is 4.64. The van der Waals surface area contributed by atoms with E-state index in [1.165, 1.54) is 48.5 Å². The molecule has 6 heteroatoms. The first-order valence-corrected chi connectivity index (χ1v) is 6.65. The molecule has 0 spiro atoms. The van der Waals surface area contributed by atoms with Crippen molar-refractivity contribution in [1.29, 1.82) is 0 Å². The number of ether oxygens (including phenoxy) is 1. The van der Waals surface area contributed by atoms with Crippen molar-refractivity contribution in [3.05, 3.63) is 65.7 Å². The normalized spacial score (nSPS) is 11.8. The molecule has 0 aliphatic heterocycles. The van der Waals surface area contributed by atoms with E-state index in [4.69, 9.17) is 4.74 Å². The van der Waals surface area contributed by atoms with Gasteiger partial charge in [0.15, 0.2) is 0 Å². The lowest BCUT2D eigenvalue weighted by atomic mass is 10.2. The van der Waals surface area contributed by atoms with E-state index in [1.54, 1.807) is 0 Å². The molecule has 1 amide bonds. The summed E-state index contributed by atoms with van der Waals surface area (Å²) in [7, 11) is 0. The van der Waals surface area contributed by atoms with Crippen LogP contribution in [0.5, 0.6) is 5.75 Å². The first-order valence-electron chi connectivity index (χ1n) is 6.65. The number of halogens is 2. The number of carbonyl (C=O) groups is 1. The molecule has 2 rings (SSSR count). The minimum Gasteiger partial charge on any atom is -0.491 e. The average molecular weight is 307 g/mol. The fourth-order valence-corrected chi connectivity index (χ4v) is 1.70. The van der Waals surface area contributed by atoms with Gasteiger partial charge in [-0.15, -0.1) is 0 Å². The van der Waals surface area contributed by atoms with Crippen molar-refractivity contribution in [2.75, 3.05) is 13.2 Å². The van der Waals surface area contributed by atoms with Gasteiger partial charge in [-0.3, -0.25) is 4.79 Å². The smallest absolute Gasteiger partial charge is 0.251 e. The predicted octanol–water partition coefficient (Wildman–Crippen LogP) is 2.13. The van der Waals surface area contributed by atoms with E-state index in [1.807, 2.05) is 0 Å². The van der Waals surface area contributed by atoms with E-state index in [-0.39, 0.29) is 19.0 Å². The summed E-state index contributed by atoms with van der Waals surface area (Å²) < 4.78 is 30.7. The molecule has 0 saturated carbocycles. The largest absolute Gasteiger partial charge is 0.491 e. The molecule has 1 atom stereocenters. The molecule has 0 aromatic heterocycles. The minimum atomic E-state index is -0.922. The maximum Gasteiger partial charge on any atom is 0.251 e. The molecule has 0 bridgehead atoms. The van der Waals surface area contributed by atoms with Crippen LogP contribution in [-0.2, 0) is 0 Å². The van der Waals surface area contributed by atoms with Gasteiger partial charge in [0.05, 0.1) is 0 Å². The quantitative estimate of drug-likeness (QED) is 0.859. The Morgan fingerprint density at radius 3 is 2.18 bits per heavy atom. The van der Waals surface area contributed by atoms with E-state index in [2.05, 4.69) is 5.32 Å². The molecular formula is C16H15F2NO3. The second kappa shape index (κ2) is 7.51. The number of hydrogen-bond acceptors (Lipinski definition) is 3. The van der Waals surface area contributed by atoms with Crippen molar-refractivity contribution in [1.82, 2.24) is 5.32 Å². The number of amides is 1. The molecule has 2 N–H and O–H groups in total. The van der Waals surface area contributed by atoms with Crippen molar-refractivity contribution < 1.29 is 23.4 Å². The number of nitrogens with one attached hydrogen (secondary N) is 1. The fourth-order valence-electron chi connectivity index (χ4n) is 1.70. The number of aliphatic hydroxyl groups is 1. The summed E-state index contributed by atoms with van der Waals surface area (Å²) in [6.07, 6.45) is -0.922. The Kier molecular flexibility index (Phi) is 5.43. The zero-order valence-corrected chi connectivity index (χ0v) is 11.6. The Morgan fingerprint density at radius 2 is 1.59 bits per heavy atom. The SMILES string of the molecule is O=C(NCC(O)COc1ccc(F)cc1)c1ccc(F)cc1. The fraction of sp³-hybridized carbons (Fsp3) is 0.188. The highest BCUT2D eigenvalue weighted by atomic mass is 19.1. The lowest BCUT2D eigenvalue weighted by Crippen LogP contribution is -2.35. The van der Waals surface area contributed by atoms with Gasteiger partial charge in [0, 0.05) is 12.1 Å². The Morgan fingerprint density at radius 1 is 1.05 bits per heavy atom. The van der Waals surface area contributed by atoms with E-state index in [9.17, 15) is 18.7 Å². The molecule has 0 fully saturated rings. The summed E-state index contributed by atoms with van der Waals surface area (Å²) in [4.78, 5) is 11.7. The van der Waals surface area contributed by atoms with Crippen LogP contribution in [0.25, 0.3) is 0 Å². The van der Waals surface area contributed by atoms with Gasteiger partial charge in [-0.1, -0.05) is 0 Å².